The standard InChI is InChI=1S/C12H16N2O/c15-12(10-5-4-8-13-9-10)14-11-6-2-1-3-7-11/h1-3,6-7,10,13H,4-5,8-9H2,(H,14,15)/t10-/m0/s1. The molecule has 0 saturated carbocycles. The Labute approximate surface area is 89.9 Å². The molecule has 2 rings (SSSR count). The van der Waals surface area contributed by atoms with Gasteiger partial charge in [-0.25, -0.2) is 0 Å². The minimum atomic E-state index is 0.124. The van der Waals surface area contributed by atoms with Crippen LogP contribution in [0.4, 0.5) is 5.69 Å². The van der Waals surface area contributed by atoms with E-state index in [1.165, 1.54) is 0 Å². The number of nitrogens with one attached hydrogen (secondary N) is 2. The lowest BCUT2D eigenvalue weighted by molar-refractivity contribution is -0.120. The quantitative estimate of drug-likeness (QED) is 0.768. The molecular weight excluding hydrogens is 188 g/mol. The minimum absolute atomic E-state index is 0.124. The monoisotopic (exact) mass is 204 g/mol. The van der Waals surface area contributed by atoms with Gasteiger partial charge < -0.3 is 10.6 Å². The maximum absolute atomic E-state index is 11.8. The molecule has 1 aromatic carbocycles. The van der Waals surface area contributed by atoms with Gasteiger partial charge in [-0.05, 0) is 31.5 Å². The highest BCUT2D eigenvalue weighted by molar-refractivity contribution is 5.92. The molecule has 0 radical (unpaired) electrons. The second-order valence-corrected chi connectivity index (χ2v) is 3.90. The highest BCUT2D eigenvalue weighted by Gasteiger charge is 2.20. The average molecular weight is 204 g/mol. The number of carbonyl (C=O) groups is 1. The van der Waals surface area contributed by atoms with Crippen molar-refractivity contribution in [2.75, 3.05) is 18.4 Å². The Morgan fingerprint density at radius 2 is 2.13 bits per heavy atom. The number of amides is 1. The summed E-state index contributed by atoms with van der Waals surface area (Å²) in [5.41, 5.74) is 0.882. The lowest BCUT2D eigenvalue weighted by Crippen LogP contribution is -2.37. The summed E-state index contributed by atoms with van der Waals surface area (Å²) in [4.78, 5) is 11.8. The third-order valence-corrected chi connectivity index (χ3v) is 2.71. The summed E-state index contributed by atoms with van der Waals surface area (Å²) in [5.74, 6) is 0.257. The van der Waals surface area contributed by atoms with E-state index in [1.54, 1.807) is 0 Å². The molecule has 1 amide bonds. The first-order valence-electron chi connectivity index (χ1n) is 5.43. The highest BCUT2D eigenvalue weighted by Crippen LogP contribution is 2.13. The molecule has 3 nitrogen and oxygen atoms in total. The molecule has 3 heteroatoms. The molecule has 0 unspecified atom stereocenters. The summed E-state index contributed by atoms with van der Waals surface area (Å²) in [6.45, 7) is 1.84. The van der Waals surface area contributed by atoms with Gasteiger partial charge in [-0.2, -0.15) is 0 Å². The topological polar surface area (TPSA) is 41.1 Å². The number of carbonyl (C=O) groups excluding carboxylic acids is 1. The fourth-order valence-electron chi connectivity index (χ4n) is 1.84. The van der Waals surface area contributed by atoms with Crippen molar-refractivity contribution in [3.8, 4) is 0 Å². The summed E-state index contributed by atoms with van der Waals surface area (Å²) in [6.07, 6.45) is 2.08. The van der Waals surface area contributed by atoms with E-state index >= 15 is 0 Å². The van der Waals surface area contributed by atoms with Crippen LogP contribution in [0.25, 0.3) is 0 Å². The van der Waals surface area contributed by atoms with Gasteiger partial charge in [-0.1, -0.05) is 18.2 Å². The molecule has 15 heavy (non-hydrogen) atoms. The molecule has 0 spiro atoms. The third-order valence-electron chi connectivity index (χ3n) is 2.71. The van der Waals surface area contributed by atoms with Gasteiger partial charge in [0.1, 0.15) is 0 Å². The number of benzene rings is 1. The van der Waals surface area contributed by atoms with Gasteiger partial charge in [0.15, 0.2) is 0 Å². The molecule has 0 bridgehead atoms. The summed E-state index contributed by atoms with van der Waals surface area (Å²) in [6, 6.07) is 9.61. The number of hydrogen-bond acceptors (Lipinski definition) is 2. The van der Waals surface area contributed by atoms with Crippen molar-refractivity contribution in [3.63, 3.8) is 0 Å². The van der Waals surface area contributed by atoms with Crippen LogP contribution in [0, 0.1) is 5.92 Å². The summed E-state index contributed by atoms with van der Waals surface area (Å²) in [5, 5.41) is 6.17. The number of hydrogen-bond donors (Lipinski definition) is 2. The van der Waals surface area contributed by atoms with E-state index in [4.69, 9.17) is 0 Å². The van der Waals surface area contributed by atoms with E-state index in [0.29, 0.717) is 0 Å². The summed E-state index contributed by atoms with van der Waals surface area (Å²) >= 11 is 0. The number of anilines is 1. The molecule has 1 aliphatic rings. The molecule has 0 aliphatic carbocycles. The minimum Gasteiger partial charge on any atom is -0.326 e. The van der Waals surface area contributed by atoms with E-state index in [0.717, 1.165) is 31.6 Å². The molecule has 1 aliphatic heterocycles. The predicted molar refractivity (Wildman–Crippen MR) is 60.7 cm³/mol. The Morgan fingerprint density at radius 1 is 1.33 bits per heavy atom. The van der Waals surface area contributed by atoms with E-state index < -0.39 is 0 Å². The Kier molecular flexibility index (Phi) is 3.35. The normalized spacial score (nSPS) is 20.9. The highest BCUT2D eigenvalue weighted by atomic mass is 16.1. The van der Waals surface area contributed by atoms with E-state index in [-0.39, 0.29) is 11.8 Å². The smallest absolute Gasteiger partial charge is 0.228 e. The lowest BCUT2D eigenvalue weighted by atomic mass is 9.99. The van der Waals surface area contributed by atoms with E-state index in [9.17, 15) is 4.79 Å². The van der Waals surface area contributed by atoms with Gasteiger partial charge in [-0.15, -0.1) is 0 Å². The first-order valence-corrected chi connectivity index (χ1v) is 5.43. The Morgan fingerprint density at radius 3 is 2.80 bits per heavy atom. The second kappa shape index (κ2) is 4.94. The van der Waals surface area contributed by atoms with Crippen LogP contribution < -0.4 is 10.6 Å². The van der Waals surface area contributed by atoms with Crippen LogP contribution in [-0.4, -0.2) is 19.0 Å². The molecule has 80 valence electrons. The molecule has 2 N–H and O–H groups in total. The zero-order chi connectivity index (χ0) is 10.5. The summed E-state index contributed by atoms with van der Waals surface area (Å²) < 4.78 is 0. The predicted octanol–water partition coefficient (Wildman–Crippen LogP) is 1.62. The number of piperidine rings is 1. The van der Waals surface area contributed by atoms with Crippen molar-refractivity contribution < 1.29 is 4.79 Å². The zero-order valence-electron chi connectivity index (χ0n) is 8.70. The zero-order valence-corrected chi connectivity index (χ0v) is 8.70. The largest absolute Gasteiger partial charge is 0.326 e. The molecule has 0 aromatic heterocycles. The van der Waals surface area contributed by atoms with Gasteiger partial charge in [-0.3, -0.25) is 4.79 Å². The van der Waals surface area contributed by atoms with Gasteiger partial charge in [0.2, 0.25) is 5.91 Å². The maximum atomic E-state index is 11.8. The fraction of sp³-hybridized carbons (Fsp3) is 0.417. The first kappa shape index (κ1) is 10.2. The van der Waals surface area contributed by atoms with E-state index in [1.807, 2.05) is 30.3 Å². The van der Waals surface area contributed by atoms with Crippen molar-refractivity contribution >= 4 is 11.6 Å². The van der Waals surface area contributed by atoms with Crippen LogP contribution in [-0.2, 0) is 4.79 Å². The maximum Gasteiger partial charge on any atom is 0.228 e. The van der Waals surface area contributed by atoms with E-state index in [2.05, 4.69) is 10.6 Å². The SMILES string of the molecule is O=C(Nc1ccccc1)[C@H]1CCCNC1. The van der Waals surface area contributed by atoms with Crippen LogP contribution in [0.15, 0.2) is 30.3 Å². The molecule has 1 fully saturated rings. The van der Waals surface area contributed by atoms with Crippen LogP contribution in [0.3, 0.4) is 0 Å². The van der Waals surface area contributed by atoms with Crippen LogP contribution >= 0.6 is 0 Å². The Balaban J connectivity index is 1.91. The average Bonchev–Trinajstić information content (AvgIpc) is 2.31. The van der Waals surface area contributed by atoms with Crippen LogP contribution in [0.5, 0.6) is 0 Å². The molecular formula is C12H16N2O. The van der Waals surface area contributed by atoms with Crippen molar-refractivity contribution in [1.82, 2.24) is 5.32 Å². The van der Waals surface area contributed by atoms with Gasteiger partial charge >= 0.3 is 0 Å². The lowest BCUT2D eigenvalue weighted by Gasteiger charge is -2.21. The van der Waals surface area contributed by atoms with Gasteiger partial charge in [0.05, 0.1) is 5.92 Å². The van der Waals surface area contributed by atoms with Gasteiger partial charge in [0, 0.05) is 12.2 Å². The van der Waals surface area contributed by atoms with Crippen molar-refractivity contribution in [1.29, 1.82) is 0 Å². The molecule has 1 aromatic rings. The number of rotatable bonds is 2. The second-order valence-electron chi connectivity index (χ2n) is 3.90. The number of para-hydroxylation sites is 1. The molecule has 1 heterocycles. The Bertz CT molecular complexity index is 318. The molecule has 1 atom stereocenters. The fourth-order valence-corrected chi connectivity index (χ4v) is 1.84. The molecule has 1 saturated heterocycles. The van der Waals surface area contributed by atoms with Crippen molar-refractivity contribution in [2.45, 2.75) is 12.8 Å². The van der Waals surface area contributed by atoms with Crippen molar-refractivity contribution in [2.24, 2.45) is 5.92 Å². The summed E-state index contributed by atoms with van der Waals surface area (Å²) in [7, 11) is 0. The third kappa shape index (κ3) is 2.80. The van der Waals surface area contributed by atoms with Crippen LogP contribution in [0.2, 0.25) is 0 Å². The van der Waals surface area contributed by atoms with Gasteiger partial charge in [0.25, 0.3) is 0 Å². The first-order chi connectivity index (χ1) is 7.36. The van der Waals surface area contributed by atoms with Crippen LogP contribution in [0.1, 0.15) is 12.8 Å². The van der Waals surface area contributed by atoms with Crippen molar-refractivity contribution in [3.05, 3.63) is 30.3 Å². The Hall–Kier alpha value is -1.35.